The van der Waals surface area contributed by atoms with E-state index in [4.69, 9.17) is 0 Å². The molecule has 272 valence electrons. The van der Waals surface area contributed by atoms with Gasteiger partial charge in [-0.05, 0) is 116 Å². The molecule has 0 saturated heterocycles. The molecule has 0 radical (unpaired) electrons. The SMILES string of the molecule is c1ccc(-c2c3ccccc3c(-c3ccc4cc(-c5ccc6c(c5)c5ccccc5c5c6sc6c7ccccc7c7ccccc7c65)ccc4c3)c3ccccc23)cc1. The summed E-state index contributed by atoms with van der Waals surface area (Å²) >= 11 is 1.95. The van der Waals surface area contributed by atoms with Gasteiger partial charge in [-0.2, -0.15) is 0 Å². The first-order valence-corrected chi connectivity index (χ1v) is 21.2. The smallest absolute Gasteiger partial charge is 0.0440 e. The number of fused-ring (bicyclic) bond motifs is 16. The molecular formula is C58H34S. The molecule has 0 aliphatic carbocycles. The largest absolute Gasteiger partial charge is 0.134 e. The highest BCUT2D eigenvalue weighted by Gasteiger charge is 2.20. The Morgan fingerprint density at radius 3 is 1.17 bits per heavy atom. The number of benzene rings is 12. The van der Waals surface area contributed by atoms with Crippen molar-refractivity contribution in [2.24, 2.45) is 0 Å². The van der Waals surface area contributed by atoms with Crippen LogP contribution >= 0.6 is 11.3 Å². The number of thiophene rings is 1. The average Bonchev–Trinajstić information content (AvgIpc) is 3.72. The van der Waals surface area contributed by atoms with Gasteiger partial charge in [0.05, 0.1) is 0 Å². The molecule has 0 unspecified atom stereocenters. The summed E-state index contributed by atoms with van der Waals surface area (Å²) in [4.78, 5) is 0. The lowest BCUT2D eigenvalue weighted by atomic mass is 9.85. The highest BCUT2D eigenvalue weighted by atomic mass is 32.1. The first-order valence-electron chi connectivity index (χ1n) is 20.4. The van der Waals surface area contributed by atoms with Crippen LogP contribution in [0.5, 0.6) is 0 Å². The van der Waals surface area contributed by atoms with Crippen molar-refractivity contribution in [3.8, 4) is 33.4 Å². The summed E-state index contributed by atoms with van der Waals surface area (Å²) in [5, 5.41) is 20.9. The van der Waals surface area contributed by atoms with E-state index in [1.807, 2.05) is 11.3 Å². The second-order valence-electron chi connectivity index (χ2n) is 15.9. The van der Waals surface area contributed by atoms with E-state index in [1.54, 1.807) is 0 Å². The normalized spacial score (nSPS) is 12.1. The molecule has 59 heavy (non-hydrogen) atoms. The molecule has 1 aromatic heterocycles. The van der Waals surface area contributed by atoms with Crippen LogP contribution in [0.1, 0.15) is 0 Å². The van der Waals surface area contributed by atoms with E-state index in [1.165, 1.54) is 129 Å². The van der Waals surface area contributed by atoms with Gasteiger partial charge in [0.2, 0.25) is 0 Å². The fraction of sp³-hybridized carbons (Fsp3) is 0. The van der Waals surface area contributed by atoms with Crippen LogP contribution in [0.15, 0.2) is 206 Å². The van der Waals surface area contributed by atoms with E-state index >= 15 is 0 Å². The van der Waals surface area contributed by atoms with Crippen LogP contribution in [0.2, 0.25) is 0 Å². The van der Waals surface area contributed by atoms with Crippen molar-refractivity contribution in [3.05, 3.63) is 206 Å². The van der Waals surface area contributed by atoms with Crippen LogP contribution in [-0.4, -0.2) is 0 Å². The maximum absolute atomic E-state index is 2.43. The molecule has 0 spiro atoms. The fourth-order valence-electron chi connectivity index (χ4n) is 10.2. The Morgan fingerprint density at radius 2 is 0.593 bits per heavy atom. The van der Waals surface area contributed by atoms with E-state index in [0.717, 1.165) is 0 Å². The second-order valence-corrected chi connectivity index (χ2v) is 16.9. The Kier molecular flexibility index (Phi) is 6.98. The maximum Gasteiger partial charge on any atom is 0.0440 e. The van der Waals surface area contributed by atoms with Crippen molar-refractivity contribution in [1.29, 1.82) is 0 Å². The minimum atomic E-state index is 1.23. The molecular weight excluding hydrogens is 729 g/mol. The number of hydrogen-bond donors (Lipinski definition) is 0. The Morgan fingerprint density at radius 1 is 0.220 bits per heavy atom. The van der Waals surface area contributed by atoms with Crippen LogP contribution in [0.3, 0.4) is 0 Å². The lowest BCUT2D eigenvalue weighted by Crippen LogP contribution is -1.90. The highest BCUT2D eigenvalue weighted by Crippen LogP contribution is 2.50. The Labute approximate surface area is 344 Å². The summed E-state index contributed by atoms with van der Waals surface area (Å²) in [5.74, 6) is 0. The topological polar surface area (TPSA) is 0 Å². The van der Waals surface area contributed by atoms with Crippen molar-refractivity contribution < 1.29 is 0 Å². The number of hydrogen-bond acceptors (Lipinski definition) is 1. The van der Waals surface area contributed by atoms with Gasteiger partial charge >= 0.3 is 0 Å². The van der Waals surface area contributed by atoms with Crippen LogP contribution in [-0.2, 0) is 0 Å². The molecule has 0 atom stereocenters. The van der Waals surface area contributed by atoms with Crippen LogP contribution in [0.25, 0.3) is 129 Å². The van der Waals surface area contributed by atoms with E-state index < -0.39 is 0 Å². The van der Waals surface area contributed by atoms with Gasteiger partial charge < -0.3 is 0 Å². The molecule has 0 amide bonds. The van der Waals surface area contributed by atoms with Gasteiger partial charge in [-0.15, -0.1) is 11.3 Å². The van der Waals surface area contributed by atoms with Gasteiger partial charge in [-0.1, -0.05) is 188 Å². The van der Waals surface area contributed by atoms with Crippen LogP contribution in [0, 0.1) is 0 Å². The van der Waals surface area contributed by atoms with Gasteiger partial charge in [0.25, 0.3) is 0 Å². The van der Waals surface area contributed by atoms with Gasteiger partial charge in [-0.25, -0.2) is 0 Å². The Balaban J connectivity index is 0.986. The Hall–Kier alpha value is -7.32. The standard InChI is InChI=1S/C58H34S/c1-2-14-35(15-3-1)53-46-21-9-11-23-48(46)54(49-24-12-10-22-47(49)53)40-29-28-36-32-37(26-27-38(36)33-40)39-30-31-51-52(34-39)43-18-5-8-20-45(43)56-55-44-19-7-4-16-41(44)42-17-6-13-25-50(42)57(55)59-58(51)56/h1-34H. The van der Waals surface area contributed by atoms with Gasteiger partial charge in [0, 0.05) is 30.9 Å². The van der Waals surface area contributed by atoms with Crippen molar-refractivity contribution in [2.75, 3.05) is 0 Å². The predicted molar refractivity (Wildman–Crippen MR) is 258 cm³/mol. The van der Waals surface area contributed by atoms with Crippen molar-refractivity contribution in [1.82, 2.24) is 0 Å². The van der Waals surface area contributed by atoms with Crippen molar-refractivity contribution in [3.63, 3.8) is 0 Å². The van der Waals surface area contributed by atoms with Crippen LogP contribution < -0.4 is 0 Å². The molecule has 0 saturated carbocycles. The average molecular weight is 763 g/mol. The minimum absolute atomic E-state index is 1.23. The summed E-state index contributed by atoms with van der Waals surface area (Å²) in [5.41, 5.74) is 7.53. The van der Waals surface area contributed by atoms with Crippen molar-refractivity contribution in [2.45, 2.75) is 0 Å². The van der Waals surface area contributed by atoms with E-state index in [-0.39, 0.29) is 0 Å². The summed E-state index contributed by atoms with van der Waals surface area (Å²) in [7, 11) is 0. The lowest BCUT2D eigenvalue weighted by molar-refractivity contribution is 1.66. The summed E-state index contributed by atoms with van der Waals surface area (Å²) in [6, 6.07) is 76.7. The molecule has 0 fully saturated rings. The molecule has 13 rings (SSSR count). The molecule has 0 nitrogen and oxygen atoms in total. The maximum atomic E-state index is 2.43. The van der Waals surface area contributed by atoms with E-state index in [0.29, 0.717) is 0 Å². The monoisotopic (exact) mass is 762 g/mol. The van der Waals surface area contributed by atoms with Gasteiger partial charge in [0.15, 0.2) is 0 Å². The first-order chi connectivity index (χ1) is 29.3. The quantitative estimate of drug-likeness (QED) is 0.124. The lowest BCUT2D eigenvalue weighted by Gasteiger charge is -2.18. The molecule has 12 aromatic carbocycles. The summed E-state index contributed by atoms with van der Waals surface area (Å²) < 4.78 is 2.74. The summed E-state index contributed by atoms with van der Waals surface area (Å²) in [6.07, 6.45) is 0. The third kappa shape index (κ3) is 4.77. The van der Waals surface area contributed by atoms with Crippen molar-refractivity contribution >= 4 is 107 Å². The second kappa shape index (κ2) is 12.6. The zero-order chi connectivity index (χ0) is 38.6. The third-order valence-electron chi connectivity index (χ3n) is 12.8. The number of rotatable bonds is 3. The van der Waals surface area contributed by atoms with Gasteiger partial charge in [0.1, 0.15) is 0 Å². The van der Waals surface area contributed by atoms with Crippen LogP contribution in [0.4, 0.5) is 0 Å². The molecule has 0 aliphatic heterocycles. The molecule has 1 heterocycles. The fourth-order valence-corrected chi connectivity index (χ4v) is 11.6. The molecule has 0 N–H and O–H groups in total. The zero-order valence-electron chi connectivity index (χ0n) is 32.0. The van der Waals surface area contributed by atoms with Gasteiger partial charge in [-0.3, -0.25) is 0 Å². The zero-order valence-corrected chi connectivity index (χ0v) is 32.9. The molecule has 0 bridgehead atoms. The third-order valence-corrected chi connectivity index (χ3v) is 14.0. The van der Waals surface area contributed by atoms with E-state index in [9.17, 15) is 0 Å². The molecule has 13 aromatic rings. The molecule has 0 aliphatic rings. The Bertz CT molecular complexity index is 3830. The molecule has 1 heteroatoms. The predicted octanol–water partition coefficient (Wildman–Crippen LogP) is 17.1. The highest BCUT2D eigenvalue weighted by molar-refractivity contribution is 7.28. The first kappa shape index (κ1) is 32.7. The minimum Gasteiger partial charge on any atom is -0.134 e. The van der Waals surface area contributed by atoms with E-state index in [2.05, 4.69) is 206 Å². The summed E-state index contributed by atoms with van der Waals surface area (Å²) in [6.45, 7) is 0.